The van der Waals surface area contributed by atoms with Gasteiger partial charge < -0.3 is 19.9 Å². The van der Waals surface area contributed by atoms with Crippen molar-refractivity contribution in [2.24, 2.45) is 0 Å². The molecule has 0 saturated carbocycles. The van der Waals surface area contributed by atoms with E-state index in [0.717, 1.165) is 28.3 Å². The van der Waals surface area contributed by atoms with E-state index in [9.17, 15) is 0 Å². The van der Waals surface area contributed by atoms with E-state index >= 15 is 0 Å². The van der Waals surface area contributed by atoms with Crippen LogP contribution in [0.5, 0.6) is 11.5 Å². The first-order chi connectivity index (χ1) is 13.7. The molecule has 0 spiro atoms. The Bertz CT molecular complexity index is 883. The van der Waals surface area contributed by atoms with Crippen molar-refractivity contribution in [1.82, 2.24) is 20.5 Å². The zero-order valence-electron chi connectivity index (χ0n) is 16.1. The molecule has 0 aliphatic rings. The number of nitrogens with one attached hydrogen (secondary N) is 1. The molecule has 2 N–H and O–H groups in total. The minimum absolute atomic E-state index is 0.104. The maximum Gasteiger partial charge on any atom is 0.152 e. The van der Waals surface area contributed by atoms with Gasteiger partial charge in [-0.1, -0.05) is 0 Å². The molecule has 0 bridgehead atoms. The first-order valence-electron chi connectivity index (χ1n) is 9.09. The summed E-state index contributed by atoms with van der Waals surface area (Å²) in [5.74, 6) is 2.21. The molecule has 0 aliphatic carbocycles. The van der Waals surface area contributed by atoms with E-state index in [0.29, 0.717) is 31.0 Å². The number of hydrogen-bond acceptors (Lipinski definition) is 7. The Kier molecular flexibility index (Phi) is 6.89. The van der Waals surface area contributed by atoms with E-state index in [1.807, 2.05) is 48.5 Å². The van der Waals surface area contributed by atoms with Crippen molar-refractivity contribution in [3.63, 3.8) is 0 Å². The summed E-state index contributed by atoms with van der Waals surface area (Å²) < 4.78 is 10.5. The van der Waals surface area contributed by atoms with E-state index in [4.69, 9.17) is 19.6 Å². The van der Waals surface area contributed by atoms with Crippen molar-refractivity contribution < 1.29 is 14.6 Å². The summed E-state index contributed by atoms with van der Waals surface area (Å²) in [6, 6.07) is 15.4. The fourth-order valence-electron chi connectivity index (χ4n) is 2.76. The summed E-state index contributed by atoms with van der Waals surface area (Å²) in [5.41, 5.74) is 3.32. The second-order valence-electron chi connectivity index (χ2n) is 6.11. The Morgan fingerprint density at radius 3 is 1.89 bits per heavy atom. The van der Waals surface area contributed by atoms with Crippen LogP contribution in [0, 0.1) is 0 Å². The van der Waals surface area contributed by atoms with E-state index in [-0.39, 0.29) is 6.61 Å². The molecule has 0 amide bonds. The summed E-state index contributed by atoms with van der Waals surface area (Å²) in [6.07, 6.45) is 0.624. The van der Waals surface area contributed by atoms with Crippen molar-refractivity contribution in [2.45, 2.75) is 6.42 Å². The largest absolute Gasteiger partial charge is 0.497 e. The van der Waals surface area contributed by atoms with Crippen LogP contribution in [-0.2, 0) is 6.42 Å². The number of aliphatic hydroxyl groups is 1. The van der Waals surface area contributed by atoms with Crippen LogP contribution in [0.1, 0.15) is 5.82 Å². The van der Waals surface area contributed by atoms with E-state index in [1.54, 1.807) is 14.2 Å². The Balaban J connectivity index is 1.96. The summed E-state index contributed by atoms with van der Waals surface area (Å²) in [7, 11) is 3.28. The molecule has 0 radical (unpaired) electrons. The van der Waals surface area contributed by atoms with Crippen LogP contribution in [0.25, 0.3) is 22.5 Å². The molecule has 3 rings (SSSR count). The summed E-state index contributed by atoms with van der Waals surface area (Å²) in [4.78, 5) is 4.77. The lowest BCUT2D eigenvalue weighted by atomic mass is 10.0. The third-order valence-electron chi connectivity index (χ3n) is 4.27. The molecule has 0 fully saturated rings. The van der Waals surface area contributed by atoms with Gasteiger partial charge in [-0.3, -0.25) is 0 Å². The first kappa shape index (κ1) is 19.7. The highest BCUT2D eigenvalue weighted by Crippen LogP contribution is 2.30. The highest BCUT2D eigenvalue weighted by Gasteiger charge is 2.14. The third kappa shape index (κ3) is 4.82. The van der Waals surface area contributed by atoms with Gasteiger partial charge in [0.2, 0.25) is 0 Å². The molecule has 2 aromatic carbocycles. The Labute approximate surface area is 164 Å². The van der Waals surface area contributed by atoms with Crippen LogP contribution in [0.3, 0.4) is 0 Å². The second kappa shape index (κ2) is 9.77. The molecule has 0 atom stereocenters. The molecular weight excluding hydrogens is 356 g/mol. The van der Waals surface area contributed by atoms with Gasteiger partial charge in [0.25, 0.3) is 0 Å². The average molecular weight is 380 g/mol. The Hall–Kier alpha value is -3.03. The van der Waals surface area contributed by atoms with Crippen LogP contribution in [-0.4, -0.2) is 54.2 Å². The molecule has 146 valence electrons. The average Bonchev–Trinajstić information content (AvgIpc) is 2.77. The SMILES string of the molecule is COc1ccc(-c2nnc(CCNCCO)nc2-c2ccc(OC)cc2)cc1. The fourth-order valence-corrected chi connectivity index (χ4v) is 2.76. The topological polar surface area (TPSA) is 89.4 Å². The van der Waals surface area contributed by atoms with Gasteiger partial charge in [0, 0.05) is 30.6 Å². The molecule has 3 aromatic rings. The Morgan fingerprint density at radius 2 is 1.36 bits per heavy atom. The molecular formula is C21H24N4O3. The minimum Gasteiger partial charge on any atom is -0.497 e. The summed E-state index contributed by atoms with van der Waals surface area (Å²) >= 11 is 0. The molecule has 0 unspecified atom stereocenters. The number of ether oxygens (including phenoxy) is 2. The molecule has 28 heavy (non-hydrogen) atoms. The van der Waals surface area contributed by atoms with Gasteiger partial charge in [-0.15, -0.1) is 10.2 Å². The summed E-state index contributed by atoms with van der Waals surface area (Å²) in [6.45, 7) is 1.32. The molecule has 7 nitrogen and oxygen atoms in total. The molecule has 1 heterocycles. The van der Waals surface area contributed by atoms with E-state index in [2.05, 4.69) is 15.5 Å². The van der Waals surface area contributed by atoms with Crippen LogP contribution in [0.15, 0.2) is 48.5 Å². The molecule has 0 aliphatic heterocycles. The number of hydrogen-bond donors (Lipinski definition) is 2. The maximum atomic E-state index is 8.87. The minimum atomic E-state index is 0.104. The van der Waals surface area contributed by atoms with Gasteiger partial charge in [0.1, 0.15) is 22.9 Å². The Morgan fingerprint density at radius 1 is 0.786 bits per heavy atom. The van der Waals surface area contributed by atoms with Crippen molar-refractivity contribution in [3.8, 4) is 34.0 Å². The number of aliphatic hydroxyl groups excluding tert-OH is 1. The first-order valence-corrected chi connectivity index (χ1v) is 9.09. The molecule has 1 aromatic heterocycles. The number of benzene rings is 2. The lowest BCUT2D eigenvalue weighted by Crippen LogP contribution is -2.21. The highest BCUT2D eigenvalue weighted by molar-refractivity contribution is 5.77. The zero-order chi connectivity index (χ0) is 19.8. The predicted octanol–water partition coefficient (Wildman–Crippen LogP) is 2.35. The third-order valence-corrected chi connectivity index (χ3v) is 4.27. The molecule has 7 heteroatoms. The molecule has 0 saturated heterocycles. The monoisotopic (exact) mass is 380 g/mol. The maximum absolute atomic E-state index is 8.87. The van der Waals surface area contributed by atoms with Crippen LogP contribution >= 0.6 is 0 Å². The zero-order valence-corrected chi connectivity index (χ0v) is 16.1. The smallest absolute Gasteiger partial charge is 0.152 e. The highest BCUT2D eigenvalue weighted by atomic mass is 16.5. The van der Waals surface area contributed by atoms with E-state index < -0.39 is 0 Å². The second-order valence-corrected chi connectivity index (χ2v) is 6.11. The number of aromatic nitrogens is 3. The van der Waals surface area contributed by atoms with Crippen LogP contribution in [0.4, 0.5) is 0 Å². The number of methoxy groups -OCH3 is 2. The fraction of sp³-hybridized carbons (Fsp3) is 0.286. The van der Waals surface area contributed by atoms with Crippen molar-refractivity contribution in [2.75, 3.05) is 33.9 Å². The van der Waals surface area contributed by atoms with Crippen LogP contribution < -0.4 is 14.8 Å². The van der Waals surface area contributed by atoms with Gasteiger partial charge in [-0.05, 0) is 48.5 Å². The van der Waals surface area contributed by atoms with Gasteiger partial charge in [-0.2, -0.15) is 0 Å². The predicted molar refractivity (Wildman–Crippen MR) is 107 cm³/mol. The lowest BCUT2D eigenvalue weighted by Gasteiger charge is -2.11. The van der Waals surface area contributed by atoms with Crippen molar-refractivity contribution in [1.29, 1.82) is 0 Å². The van der Waals surface area contributed by atoms with Crippen LogP contribution in [0.2, 0.25) is 0 Å². The quantitative estimate of drug-likeness (QED) is 0.551. The standard InChI is InChI=1S/C21H24N4O3/c1-27-17-7-3-15(4-8-17)20-21(16-5-9-18(28-2)10-6-16)25-24-19(23-20)11-12-22-13-14-26/h3-10,22,26H,11-14H2,1-2H3. The van der Waals surface area contributed by atoms with E-state index in [1.165, 1.54) is 0 Å². The van der Waals surface area contributed by atoms with Crippen molar-refractivity contribution >= 4 is 0 Å². The van der Waals surface area contributed by atoms with Crippen molar-refractivity contribution in [3.05, 3.63) is 54.4 Å². The van der Waals surface area contributed by atoms with Gasteiger partial charge >= 0.3 is 0 Å². The van der Waals surface area contributed by atoms with Gasteiger partial charge in [0.05, 0.1) is 20.8 Å². The number of rotatable bonds is 9. The number of nitrogens with zero attached hydrogens (tertiary/aromatic N) is 3. The van der Waals surface area contributed by atoms with Gasteiger partial charge in [-0.25, -0.2) is 4.98 Å². The summed E-state index contributed by atoms with van der Waals surface area (Å²) in [5, 5.41) is 20.8. The lowest BCUT2D eigenvalue weighted by molar-refractivity contribution is 0.292. The normalized spacial score (nSPS) is 10.7. The van der Waals surface area contributed by atoms with Gasteiger partial charge in [0.15, 0.2) is 5.82 Å².